The molecule has 1 heterocycles. The van der Waals surface area contributed by atoms with Crippen LogP contribution >= 0.6 is 11.6 Å². The number of rotatable bonds is 11. The van der Waals surface area contributed by atoms with Gasteiger partial charge < -0.3 is 29.7 Å². The number of aliphatic hydroxyl groups excluding tert-OH is 1. The van der Waals surface area contributed by atoms with Crippen molar-refractivity contribution in [1.29, 1.82) is 0 Å². The van der Waals surface area contributed by atoms with Crippen molar-refractivity contribution in [3.63, 3.8) is 0 Å². The molecular formula is C37H44ClN3O5. The zero-order chi connectivity index (χ0) is 33.0. The molecule has 3 aromatic rings. The number of halogens is 1. The summed E-state index contributed by atoms with van der Waals surface area (Å²) in [6.07, 6.45) is 3.81. The third-order valence-corrected chi connectivity index (χ3v) is 9.17. The van der Waals surface area contributed by atoms with Crippen molar-refractivity contribution >= 4 is 34.8 Å². The van der Waals surface area contributed by atoms with Crippen molar-refractivity contribution in [2.24, 2.45) is 11.8 Å². The van der Waals surface area contributed by atoms with Crippen LogP contribution in [-0.2, 0) is 16.0 Å². The van der Waals surface area contributed by atoms with E-state index in [2.05, 4.69) is 36.0 Å². The fourth-order valence-corrected chi connectivity index (χ4v) is 6.76. The highest BCUT2D eigenvalue weighted by Crippen LogP contribution is 2.44. The summed E-state index contributed by atoms with van der Waals surface area (Å²) in [6, 6.07) is 19.4. The third-order valence-electron chi connectivity index (χ3n) is 8.92. The quantitative estimate of drug-likeness (QED) is 0.214. The van der Waals surface area contributed by atoms with Gasteiger partial charge in [0, 0.05) is 35.9 Å². The van der Waals surface area contributed by atoms with Gasteiger partial charge in [-0.2, -0.15) is 0 Å². The molecule has 2 N–H and O–H groups in total. The Hall–Kier alpha value is -4.17. The Labute approximate surface area is 276 Å². The van der Waals surface area contributed by atoms with E-state index in [1.54, 1.807) is 7.11 Å². The van der Waals surface area contributed by atoms with Gasteiger partial charge in [0.25, 0.3) is 0 Å². The molecule has 2 aliphatic rings. The van der Waals surface area contributed by atoms with Crippen LogP contribution in [0.2, 0.25) is 5.02 Å². The first kappa shape index (κ1) is 33.2. The first-order chi connectivity index (χ1) is 22.0. The Morgan fingerprint density at radius 3 is 2.35 bits per heavy atom. The van der Waals surface area contributed by atoms with Crippen LogP contribution < -0.4 is 24.6 Å². The minimum absolute atomic E-state index is 0.00256. The Morgan fingerprint density at radius 1 is 1.07 bits per heavy atom. The number of hydrogen-bond donors (Lipinski definition) is 2. The number of nitrogens with zero attached hydrogens (tertiary/aromatic N) is 2. The summed E-state index contributed by atoms with van der Waals surface area (Å²) in [6.45, 7) is 8.37. The molecule has 9 heteroatoms. The Morgan fingerprint density at radius 2 is 1.74 bits per heavy atom. The first-order valence-electron chi connectivity index (χ1n) is 15.9. The summed E-state index contributed by atoms with van der Waals surface area (Å²) >= 11 is 6.27. The monoisotopic (exact) mass is 645 g/mol. The van der Waals surface area contributed by atoms with Gasteiger partial charge in [-0.15, -0.1) is 0 Å². The third kappa shape index (κ3) is 7.61. The molecule has 1 saturated carbocycles. The molecule has 1 aliphatic carbocycles. The Kier molecular flexibility index (Phi) is 10.5. The number of aliphatic hydroxyl groups is 1. The summed E-state index contributed by atoms with van der Waals surface area (Å²) in [5, 5.41) is 12.7. The molecule has 8 nitrogen and oxygen atoms in total. The number of ether oxygens (including phenoxy) is 2. The van der Waals surface area contributed by atoms with Crippen LogP contribution in [0.5, 0.6) is 11.5 Å². The molecule has 0 aromatic heterocycles. The topological polar surface area (TPSA) is 91.3 Å². The minimum atomic E-state index is -0.375. The largest absolute Gasteiger partial charge is 0.511 e. The molecule has 1 aliphatic heterocycles. The predicted octanol–water partition coefficient (Wildman–Crippen LogP) is 7.25. The molecule has 244 valence electrons. The van der Waals surface area contributed by atoms with Crippen LogP contribution in [0.25, 0.3) is 0 Å². The van der Waals surface area contributed by atoms with Crippen molar-refractivity contribution in [3.05, 3.63) is 94.7 Å². The van der Waals surface area contributed by atoms with E-state index in [4.69, 9.17) is 21.1 Å². The second-order valence-corrected chi connectivity index (χ2v) is 13.1. The molecule has 3 aromatic carbocycles. The van der Waals surface area contributed by atoms with Crippen LogP contribution in [0.3, 0.4) is 0 Å². The SMILES string of the molecule is C=C(O)CNC(=O)C1CCC(CN(C)c2ccc(N3C(=O)Cc4cc(OC)c(OC(C)C)cc4[C@@H]3c3ccc(Cl)cc3)cc2)CC1. The minimum Gasteiger partial charge on any atom is -0.511 e. The molecule has 2 amide bonds. The number of fused-ring (bicyclic) bond motifs is 1. The van der Waals surface area contributed by atoms with Gasteiger partial charge in [0.15, 0.2) is 11.5 Å². The van der Waals surface area contributed by atoms with E-state index in [0.29, 0.717) is 22.4 Å². The van der Waals surface area contributed by atoms with E-state index in [1.807, 2.05) is 67.3 Å². The van der Waals surface area contributed by atoms with Crippen LogP contribution in [0, 0.1) is 11.8 Å². The van der Waals surface area contributed by atoms with Gasteiger partial charge in [0.1, 0.15) is 5.76 Å². The van der Waals surface area contributed by atoms with Gasteiger partial charge >= 0.3 is 0 Å². The van der Waals surface area contributed by atoms with Crippen LogP contribution in [0.4, 0.5) is 11.4 Å². The second-order valence-electron chi connectivity index (χ2n) is 12.7. The number of anilines is 2. The zero-order valence-corrected chi connectivity index (χ0v) is 27.8. The van der Waals surface area contributed by atoms with Crippen molar-refractivity contribution in [2.45, 2.75) is 58.1 Å². The average molecular weight is 646 g/mol. The maximum atomic E-state index is 13.9. The normalized spacial score (nSPS) is 19.4. The number of benzene rings is 3. The summed E-state index contributed by atoms with van der Waals surface area (Å²) in [5.41, 5.74) is 4.73. The van der Waals surface area contributed by atoms with Crippen molar-refractivity contribution < 1.29 is 24.2 Å². The molecular weight excluding hydrogens is 602 g/mol. The van der Waals surface area contributed by atoms with Crippen LogP contribution in [0.1, 0.15) is 62.3 Å². The molecule has 1 atom stereocenters. The van der Waals surface area contributed by atoms with E-state index >= 15 is 0 Å². The molecule has 0 bridgehead atoms. The lowest BCUT2D eigenvalue weighted by Gasteiger charge is -2.38. The molecule has 0 radical (unpaired) electrons. The predicted molar refractivity (Wildman–Crippen MR) is 183 cm³/mol. The maximum Gasteiger partial charge on any atom is 0.232 e. The van der Waals surface area contributed by atoms with Gasteiger partial charge in [-0.05, 0) is 111 Å². The Balaban J connectivity index is 1.35. The summed E-state index contributed by atoms with van der Waals surface area (Å²) < 4.78 is 11.8. The number of amides is 2. The molecule has 0 spiro atoms. The molecule has 0 unspecified atom stereocenters. The second kappa shape index (κ2) is 14.5. The first-order valence-corrected chi connectivity index (χ1v) is 16.3. The van der Waals surface area contributed by atoms with Gasteiger partial charge in [-0.25, -0.2) is 0 Å². The fourth-order valence-electron chi connectivity index (χ4n) is 6.63. The number of hydrogen-bond acceptors (Lipinski definition) is 6. The molecule has 1 fully saturated rings. The molecule has 46 heavy (non-hydrogen) atoms. The van der Waals surface area contributed by atoms with E-state index in [0.717, 1.165) is 60.3 Å². The highest BCUT2D eigenvalue weighted by atomic mass is 35.5. The van der Waals surface area contributed by atoms with Gasteiger partial charge in [0.05, 0.1) is 32.2 Å². The lowest BCUT2D eigenvalue weighted by molar-refractivity contribution is -0.126. The van der Waals surface area contributed by atoms with Crippen molar-refractivity contribution in [3.8, 4) is 11.5 Å². The standard InChI is InChI=1S/C37H44ClN3O5/c1-23(2)46-34-20-32-28(18-33(34)45-5)19-35(43)41(36(32)26-10-12-29(38)13-11-26)31-16-14-30(15-17-31)40(4)22-25-6-8-27(9-7-25)37(44)39-21-24(3)42/h10-18,20,23,25,27,36,42H,3,6-9,19,21-22H2,1-2,4-5H3,(H,39,44)/t25?,27?,36-/m0/s1. The molecule has 5 rings (SSSR count). The zero-order valence-electron chi connectivity index (χ0n) is 27.1. The van der Waals surface area contributed by atoms with Crippen molar-refractivity contribution in [1.82, 2.24) is 5.32 Å². The lowest BCUT2D eigenvalue weighted by Crippen LogP contribution is -2.41. The van der Waals surface area contributed by atoms with Gasteiger partial charge in [-0.1, -0.05) is 30.3 Å². The maximum absolute atomic E-state index is 13.9. The number of carbonyl (C=O) groups is 2. The highest BCUT2D eigenvalue weighted by Gasteiger charge is 2.36. The van der Waals surface area contributed by atoms with E-state index in [1.165, 1.54) is 0 Å². The van der Waals surface area contributed by atoms with Crippen LogP contribution in [-0.4, -0.2) is 50.3 Å². The van der Waals surface area contributed by atoms with Crippen LogP contribution in [0.15, 0.2) is 73.0 Å². The van der Waals surface area contributed by atoms with E-state index in [-0.39, 0.29) is 48.6 Å². The van der Waals surface area contributed by atoms with Gasteiger partial charge in [0.2, 0.25) is 11.8 Å². The summed E-state index contributed by atoms with van der Waals surface area (Å²) in [5.74, 6) is 1.68. The number of nitrogens with one attached hydrogen (secondary N) is 1. The Bertz CT molecular complexity index is 1550. The number of methoxy groups -OCH3 is 1. The average Bonchev–Trinajstić information content (AvgIpc) is 3.03. The summed E-state index contributed by atoms with van der Waals surface area (Å²) in [4.78, 5) is 30.4. The van der Waals surface area contributed by atoms with E-state index in [9.17, 15) is 14.7 Å². The van der Waals surface area contributed by atoms with Crippen molar-refractivity contribution in [2.75, 3.05) is 37.0 Å². The number of carbonyl (C=O) groups excluding carboxylic acids is 2. The molecule has 0 saturated heterocycles. The highest BCUT2D eigenvalue weighted by molar-refractivity contribution is 6.30. The van der Waals surface area contributed by atoms with Gasteiger partial charge in [-0.3, -0.25) is 9.59 Å². The lowest BCUT2D eigenvalue weighted by atomic mass is 9.81. The summed E-state index contributed by atoms with van der Waals surface area (Å²) in [7, 11) is 3.70. The smallest absolute Gasteiger partial charge is 0.232 e. The fraction of sp³-hybridized carbons (Fsp3) is 0.405. The van der Waals surface area contributed by atoms with E-state index < -0.39 is 0 Å².